The van der Waals surface area contributed by atoms with E-state index in [4.69, 9.17) is 0 Å². The van der Waals surface area contributed by atoms with E-state index in [1.54, 1.807) is 0 Å². The second-order valence-electron chi connectivity index (χ2n) is 21.3. The number of aromatic nitrogens is 1. The molecule has 0 N–H and O–H groups in total. The second kappa shape index (κ2) is 20.8. The number of hydrogen-bond donors (Lipinski definition) is 0. The molecule has 0 bridgehead atoms. The van der Waals surface area contributed by atoms with E-state index in [1.165, 1.54) is 72.2 Å². The maximum Gasteiger partial charge on any atom is 0.0630 e. The first-order valence-corrected chi connectivity index (χ1v) is 28.3. The normalized spacial score (nSPS) is 14.3. The van der Waals surface area contributed by atoms with Gasteiger partial charge in [0.15, 0.2) is 0 Å². The van der Waals surface area contributed by atoms with E-state index in [9.17, 15) is 0 Å². The van der Waals surface area contributed by atoms with E-state index in [-0.39, 0.29) is 12.0 Å². The number of hydrogen-bond acceptors (Lipinski definition) is 3. The number of nitrogens with zero attached hydrogens (tertiary/aromatic N) is 4. The van der Waals surface area contributed by atoms with Gasteiger partial charge < -0.3 is 19.3 Å². The van der Waals surface area contributed by atoms with Crippen molar-refractivity contribution in [2.75, 3.05) is 14.7 Å². The smallest absolute Gasteiger partial charge is 0.0630 e. The molecule has 2 atom stereocenters. The van der Waals surface area contributed by atoms with E-state index < -0.39 is 0 Å². The summed E-state index contributed by atoms with van der Waals surface area (Å²) in [5, 5.41) is 2.38. The van der Waals surface area contributed by atoms with Crippen LogP contribution in [0.4, 0.5) is 45.5 Å². The average molecular weight is 1050 g/mol. The van der Waals surface area contributed by atoms with Crippen LogP contribution in [0.5, 0.6) is 0 Å². The molecule has 1 aromatic heterocycles. The summed E-state index contributed by atoms with van der Waals surface area (Å²) in [6.45, 7) is 0. The van der Waals surface area contributed by atoms with E-state index in [0.29, 0.717) is 0 Å². The van der Waals surface area contributed by atoms with E-state index in [2.05, 4.69) is 347 Å². The summed E-state index contributed by atoms with van der Waals surface area (Å²) in [4.78, 5) is 7.35. The zero-order valence-corrected chi connectivity index (χ0v) is 45.1. The van der Waals surface area contributed by atoms with Gasteiger partial charge in [0, 0.05) is 67.9 Å². The Morgan fingerprint density at radius 1 is 0.293 bits per heavy atom. The van der Waals surface area contributed by atoms with Crippen molar-refractivity contribution in [3.63, 3.8) is 0 Å². The number of para-hydroxylation sites is 4. The molecular formula is C78H56N4. The van der Waals surface area contributed by atoms with Crippen LogP contribution in [0.2, 0.25) is 0 Å². The molecule has 4 nitrogen and oxygen atoms in total. The van der Waals surface area contributed by atoms with Crippen molar-refractivity contribution in [1.82, 2.24) is 4.57 Å². The maximum atomic E-state index is 2.52. The van der Waals surface area contributed by atoms with Gasteiger partial charge in [0.25, 0.3) is 0 Å². The number of fused-ring (bicyclic) bond motifs is 6. The lowest BCUT2D eigenvalue weighted by Gasteiger charge is -2.30. The first-order valence-electron chi connectivity index (χ1n) is 28.3. The van der Waals surface area contributed by atoms with E-state index in [0.717, 1.165) is 50.8 Å². The Hall–Kier alpha value is -10.7. The molecule has 13 aromatic rings. The maximum absolute atomic E-state index is 2.52. The van der Waals surface area contributed by atoms with Crippen LogP contribution >= 0.6 is 0 Å². The predicted octanol–water partition coefficient (Wildman–Crippen LogP) is 21.0. The highest BCUT2D eigenvalue weighted by Crippen LogP contribution is 2.52. The van der Waals surface area contributed by atoms with Gasteiger partial charge in [0.1, 0.15) is 0 Å². The van der Waals surface area contributed by atoms with Gasteiger partial charge in [0.2, 0.25) is 0 Å². The van der Waals surface area contributed by atoms with Crippen LogP contribution in [-0.4, -0.2) is 10.6 Å². The summed E-state index contributed by atoms with van der Waals surface area (Å²) in [6, 6.07) is 113. The minimum atomic E-state index is 0.112. The van der Waals surface area contributed by atoms with Crippen molar-refractivity contribution in [3.05, 3.63) is 339 Å². The van der Waals surface area contributed by atoms with Gasteiger partial charge in [0.05, 0.1) is 17.1 Å². The van der Waals surface area contributed by atoms with Gasteiger partial charge in [-0.15, -0.1) is 0 Å². The van der Waals surface area contributed by atoms with Crippen molar-refractivity contribution in [2.24, 2.45) is 0 Å². The third kappa shape index (κ3) is 8.84. The standard InChI is InChI=1S/C78H56N4/c1-7-20-55(21-8-1)57-34-38-59(39-35-57)61-42-46-75-71(50-61)73-53-69(44-48-77(73)81(75)65-28-15-5-16-29-65)79(63-24-11-3-12-25-63)67-32-19-33-68(52-67)80(64-26-13-4-14-27-64)70-45-49-78-74(54-70)72-51-62(43-47-76(72)82(78)66-30-17-6-18-31-66)60-40-36-58(37-41-60)56-22-9-2-10-23-56/h1-54,71,75H. The summed E-state index contributed by atoms with van der Waals surface area (Å²) < 4.78 is 2.41. The molecule has 82 heavy (non-hydrogen) atoms. The van der Waals surface area contributed by atoms with E-state index >= 15 is 0 Å². The van der Waals surface area contributed by atoms with Gasteiger partial charge >= 0.3 is 0 Å². The van der Waals surface area contributed by atoms with Crippen LogP contribution in [0, 0.1) is 0 Å². The molecule has 2 unspecified atom stereocenters. The molecule has 0 amide bonds. The highest BCUT2D eigenvalue weighted by atomic mass is 15.2. The van der Waals surface area contributed by atoms with Crippen LogP contribution in [0.15, 0.2) is 328 Å². The van der Waals surface area contributed by atoms with Crippen LogP contribution in [-0.2, 0) is 0 Å². The topological polar surface area (TPSA) is 14.7 Å². The summed E-state index contributed by atoms with van der Waals surface area (Å²) in [5.74, 6) is 0.112. The number of anilines is 8. The summed E-state index contributed by atoms with van der Waals surface area (Å²) in [6.07, 6.45) is 7.23. The summed E-state index contributed by atoms with van der Waals surface area (Å²) in [5.41, 5.74) is 23.3. The Bertz CT molecular complexity index is 4480. The molecule has 2 heterocycles. The number of rotatable bonds is 12. The predicted molar refractivity (Wildman–Crippen MR) is 345 cm³/mol. The van der Waals surface area contributed by atoms with E-state index in [1.807, 2.05) is 0 Å². The average Bonchev–Trinajstić information content (AvgIpc) is 3.05. The van der Waals surface area contributed by atoms with Crippen molar-refractivity contribution < 1.29 is 0 Å². The van der Waals surface area contributed by atoms with Crippen LogP contribution in [0.1, 0.15) is 17.0 Å². The van der Waals surface area contributed by atoms with Gasteiger partial charge in [-0.2, -0.15) is 0 Å². The minimum Gasteiger partial charge on any atom is -0.333 e. The van der Waals surface area contributed by atoms with Gasteiger partial charge in [-0.1, -0.05) is 212 Å². The third-order valence-electron chi connectivity index (χ3n) is 16.5. The van der Waals surface area contributed by atoms with Crippen molar-refractivity contribution in [3.8, 4) is 39.1 Å². The lowest BCUT2D eigenvalue weighted by atomic mass is 9.86. The highest BCUT2D eigenvalue weighted by molar-refractivity contribution is 6.12. The summed E-state index contributed by atoms with van der Waals surface area (Å²) in [7, 11) is 0. The Balaban J connectivity index is 0.844. The second-order valence-corrected chi connectivity index (χ2v) is 21.3. The Kier molecular flexibility index (Phi) is 12.3. The van der Waals surface area contributed by atoms with Crippen molar-refractivity contribution in [2.45, 2.75) is 12.0 Å². The minimum absolute atomic E-state index is 0.112. The first-order chi connectivity index (χ1) is 40.7. The monoisotopic (exact) mass is 1050 g/mol. The Morgan fingerprint density at radius 3 is 1.28 bits per heavy atom. The molecule has 1 aliphatic carbocycles. The Morgan fingerprint density at radius 2 is 0.707 bits per heavy atom. The molecular weight excluding hydrogens is 993 g/mol. The van der Waals surface area contributed by atoms with Gasteiger partial charge in [-0.25, -0.2) is 0 Å². The fourth-order valence-electron chi connectivity index (χ4n) is 12.6. The molecule has 0 saturated carbocycles. The first kappa shape index (κ1) is 48.4. The molecule has 0 saturated heterocycles. The zero-order chi connectivity index (χ0) is 54.3. The van der Waals surface area contributed by atoms with Crippen molar-refractivity contribution in [1.29, 1.82) is 0 Å². The third-order valence-corrected chi connectivity index (χ3v) is 16.5. The van der Waals surface area contributed by atoms with Crippen LogP contribution < -0.4 is 14.7 Å². The molecule has 4 heteroatoms. The molecule has 0 fully saturated rings. The summed E-state index contributed by atoms with van der Waals surface area (Å²) >= 11 is 0. The number of benzene rings is 12. The molecule has 388 valence electrons. The molecule has 12 aromatic carbocycles. The SMILES string of the molecule is C1=CC2C(C=C1c1ccc(-c3ccccc3)cc1)c1cc(N(c3ccccc3)c3cccc(N(c4ccccc4)c4ccc5c(c4)c4cc(-c6ccc(-c7ccccc7)cc6)ccc4n5-c4ccccc4)c3)ccc1N2c1ccccc1. The molecule has 0 radical (unpaired) electrons. The fourth-order valence-corrected chi connectivity index (χ4v) is 12.6. The Labute approximate surface area is 479 Å². The number of allylic oxidation sites excluding steroid dienone is 2. The molecule has 2 aliphatic rings. The van der Waals surface area contributed by atoms with Crippen molar-refractivity contribution >= 4 is 72.9 Å². The fraction of sp³-hybridized carbons (Fsp3) is 0.0256. The zero-order valence-electron chi connectivity index (χ0n) is 45.1. The highest BCUT2D eigenvalue weighted by Gasteiger charge is 2.39. The van der Waals surface area contributed by atoms with Crippen LogP contribution in [0.3, 0.4) is 0 Å². The van der Waals surface area contributed by atoms with Crippen LogP contribution in [0.25, 0.3) is 66.4 Å². The largest absolute Gasteiger partial charge is 0.333 e. The molecule has 1 aliphatic heterocycles. The quantitative estimate of drug-likeness (QED) is 0.121. The molecule has 0 spiro atoms. The van der Waals surface area contributed by atoms with Gasteiger partial charge in [-0.3, -0.25) is 0 Å². The lowest BCUT2D eigenvalue weighted by Crippen LogP contribution is -2.28. The molecule has 15 rings (SSSR count). The van der Waals surface area contributed by atoms with Gasteiger partial charge in [-0.05, 0) is 165 Å². The lowest BCUT2D eigenvalue weighted by molar-refractivity contribution is 0.747.